The van der Waals surface area contributed by atoms with Gasteiger partial charge in [-0.2, -0.15) is 4.98 Å². The van der Waals surface area contributed by atoms with Crippen LogP contribution in [0.15, 0.2) is 52.1 Å². The number of ether oxygens (including phenoxy) is 1. The van der Waals surface area contributed by atoms with Crippen LogP contribution in [0.4, 0.5) is 5.95 Å². The first-order chi connectivity index (χ1) is 13.1. The highest BCUT2D eigenvalue weighted by Crippen LogP contribution is 2.24. The summed E-state index contributed by atoms with van der Waals surface area (Å²) in [4.78, 5) is 27.0. The monoisotopic (exact) mass is 428 g/mol. The van der Waals surface area contributed by atoms with E-state index in [1.54, 1.807) is 17.9 Å². The first-order valence-corrected chi connectivity index (χ1v) is 9.07. The van der Waals surface area contributed by atoms with Crippen LogP contribution in [0, 0.1) is 0 Å². The van der Waals surface area contributed by atoms with Gasteiger partial charge >= 0.3 is 5.69 Å². The van der Waals surface area contributed by atoms with Gasteiger partial charge in [-0.3, -0.25) is 4.57 Å². The third-order valence-corrected chi connectivity index (χ3v) is 4.69. The molecule has 0 atom stereocenters. The van der Waals surface area contributed by atoms with Gasteiger partial charge in [0.15, 0.2) is 5.65 Å². The average molecular weight is 429 g/mol. The van der Waals surface area contributed by atoms with Gasteiger partial charge in [-0.15, -0.1) is 0 Å². The quantitative estimate of drug-likeness (QED) is 0.438. The fourth-order valence-corrected chi connectivity index (χ4v) is 3.28. The second-order valence-corrected chi connectivity index (χ2v) is 6.89. The molecule has 8 nitrogen and oxygen atoms in total. The second kappa shape index (κ2) is 7.28. The molecule has 27 heavy (non-hydrogen) atoms. The van der Waals surface area contributed by atoms with Crippen molar-refractivity contribution in [3.8, 4) is 5.75 Å². The zero-order valence-corrected chi connectivity index (χ0v) is 16.1. The predicted molar refractivity (Wildman–Crippen MR) is 106 cm³/mol. The molecular formula is C18H17BrN6O2. The molecule has 0 aliphatic heterocycles. The van der Waals surface area contributed by atoms with Crippen molar-refractivity contribution in [3.63, 3.8) is 0 Å². The lowest BCUT2D eigenvalue weighted by molar-refractivity contribution is 0.408. The van der Waals surface area contributed by atoms with Crippen molar-refractivity contribution >= 4 is 33.0 Å². The van der Waals surface area contributed by atoms with E-state index in [-0.39, 0.29) is 5.69 Å². The Kier molecular flexibility index (Phi) is 4.68. The van der Waals surface area contributed by atoms with Crippen molar-refractivity contribution in [3.05, 3.63) is 68.9 Å². The number of hydrogen-bond acceptors (Lipinski definition) is 5. The van der Waals surface area contributed by atoms with Crippen LogP contribution in [0.5, 0.6) is 5.75 Å². The molecule has 4 aromatic rings. The number of nitrogens with zero attached hydrogens (tertiary/aromatic N) is 3. The summed E-state index contributed by atoms with van der Waals surface area (Å²) >= 11 is 3.46. The molecule has 4 rings (SSSR count). The summed E-state index contributed by atoms with van der Waals surface area (Å²) < 4.78 is 7.89. The Morgan fingerprint density at radius 2 is 2.22 bits per heavy atom. The molecule has 0 amide bonds. The Morgan fingerprint density at radius 3 is 3.00 bits per heavy atom. The van der Waals surface area contributed by atoms with Crippen molar-refractivity contribution in [2.24, 2.45) is 0 Å². The number of H-pyrrole nitrogens is 2. The summed E-state index contributed by atoms with van der Waals surface area (Å²) in [5, 5.41) is 3.17. The van der Waals surface area contributed by atoms with E-state index in [9.17, 15) is 4.79 Å². The summed E-state index contributed by atoms with van der Waals surface area (Å²) in [6, 6.07) is 7.65. The Hall–Kier alpha value is -3.07. The van der Waals surface area contributed by atoms with Gasteiger partial charge in [0, 0.05) is 29.0 Å². The zero-order chi connectivity index (χ0) is 18.8. The Morgan fingerprint density at radius 1 is 1.33 bits per heavy atom. The molecular weight excluding hydrogens is 412 g/mol. The lowest BCUT2D eigenvalue weighted by atomic mass is 10.2. The lowest BCUT2D eigenvalue weighted by Crippen LogP contribution is -2.18. The van der Waals surface area contributed by atoms with Gasteiger partial charge in [0.25, 0.3) is 0 Å². The van der Waals surface area contributed by atoms with Crippen LogP contribution in [0.3, 0.4) is 0 Å². The predicted octanol–water partition coefficient (Wildman–Crippen LogP) is 2.88. The topological polar surface area (TPSA) is 101 Å². The molecule has 3 N–H and O–H groups in total. The molecule has 0 spiro atoms. The van der Waals surface area contributed by atoms with Crippen molar-refractivity contribution in [1.82, 2.24) is 24.5 Å². The van der Waals surface area contributed by atoms with Crippen LogP contribution in [0.25, 0.3) is 11.2 Å². The number of halogens is 1. The number of fused-ring (bicyclic) bond motifs is 1. The second-order valence-electron chi connectivity index (χ2n) is 5.98. The first kappa shape index (κ1) is 17.3. The van der Waals surface area contributed by atoms with Gasteiger partial charge in [0.1, 0.15) is 11.3 Å². The van der Waals surface area contributed by atoms with Crippen LogP contribution in [-0.2, 0) is 13.1 Å². The number of imidazole rings is 1. The highest BCUT2D eigenvalue weighted by atomic mass is 79.9. The SMILES string of the molecule is COc1ccc(Br)cc1Cn1c(=O)[nH]c2cnc(NCc3cc[nH]c3)nc21. The number of aromatic nitrogens is 5. The minimum absolute atomic E-state index is 0.246. The molecule has 3 heterocycles. The highest BCUT2D eigenvalue weighted by Gasteiger charge is 2.13. The van der Waals surface area contributed by atoms with Crippen molar-refractivity contribution in [2.45, 2.75) is 13.1 Å². The lowest BCUT2D eigenvalue weighted by Gasteiger charge is -2.10. The van der Waals surface area contributed by atoms with Crippen LogP contribution >= 0.6 is 15.9 Å². The van der Waals surface area contributed by atoms with Crippen LogP contribution < -0.4 is 15.7 Å². The maximum absolute atomic E-state index is 12.4. The van der Waals surface area contributed by atoms with Crippen molar-refractivity contribution < 1.29 is 4.74 Å². The summed E-state index contributed by atoms with van der Waals surface area (Å²) in [6.45, 7) is 0.916. The van der Waals surface area contributed by atoms with Gasteiger partial charge in [-0.25, -0.2) is 9.78 Å². The largest absolute Gasteiger partial charge is 0.496 e. The smallest absolute Gasteiger partial charge is 0.328 e. The Bertz CT molecular complexity index is 1130. The molecule has 0 radical (unpaired) electrons. The third-order valence-electron chi connectivity index (χ3n) is 4.19. The minimum atomic E-state index is -0.246. The van der Waals surface area contributed by atoms with Crippen LogP contribution in [0.2, 0.25) is 0 Å². The maximum Gasteiger partial charge on any atom is 0.328 e. The number of hydrogen-bond donors (Lipinski definition) is 3. The molecule has 0 saturated carbocycles. The van der Waals surface area contributed by atoms with E-state index in [4.69, 9.17) is 4.74 Å². The van der Waals surface area contributed by atoms with E-state index in [0.29, 0.717) is 36.0 Å². The number of methoxy groups -OCH3 is 1. The molecule has 0 fully saturated rings. The highest BCUT2D eigenvalue weighted by molar-refractivity contribution is 9.10. The number of anilines is 1. The number of aromatic amines is 2. The van der Waals surface area contributed by atoms with Gasteiger partial charge in [-0.05, 0) is 29.8 Å². The molecule has 0 aliphatic rings. The molecule has 9 heteroatoms. The standard InChI is InChI=1S/C18H17BrN6O2/c1-27-15-3-2-13(19)6-12(15)10-25-16-14(23-18(25)26)9-22-17(24-16)21-8-11-4-5-20-7-11/h2-7,9,20H,8,10H2,1H3,(H,23,26)(H,21,22,24). The van der Waals surface area contributed by atoms with Crippen molar-refractivity contribution in [1.29, 1.82) is 0 Å². The summed E-state index contributed by atoms with van der Waals surface area (Å²) in [7, 11) is 1.61. The average Bonchev–Trinajstić information content (AvgIpc) is 3.28. The number of benzene rings is 1. The van der Waals surface area contributed by atoms with Gasteiger partial charge < -0.3 is 20.0 Å². The summed E-state index contributed by atoms with van der Waals surface area (Å²) in [5.41, 5.74) is 2.83. The number of rotatable bonds is 6. The molecule has 0 saturated heterocycles. The molecule has 0 unspecified atom stereocenters. The van der Waals surface area contributed by atoms with Crippen molar-refractivity contribution in [2.75, 3.05) is 12.4 Å². The molecule has 0 bridgehead atoms. The molecule has 0 aliphatic carbocycles. The van der Waals surface area contributed by atoms with E-state index in [1.165, 1.54) is 0 Å². The van der Waals surface area contributed by atoms with Crippen LogP contribution in [-0.4, -0.2) is 31.6 Å². The van der Waals surface area contributed by atoms with Crippen LogP contribution in [0.1, 0.15) is 11.1 Å². The fourth-order valence-electron chi connectivity index (χ4n) is 2.87. The van der Waals surface area contributed by atoms with E-state index in [2.05, 4.69) is 41.2 Å². The number of nitrogens with one attached hydrogen (secondary N) is 3. The van der Waals surface area contributed by atoms with E-state index >= 15 is 0 Å². The minimum Gasteiger partial charge on any atom is -0.496 e. The van der Waals surface area contributed by atoms with Gasteiger partial charge in [0.2, 0.25) is 5.95 Å². The Labute approximate surface area is 162 Å². The van der Waals surface area contributed by atoms with Gasteiger partial charge in [0.05, 0.1) is 19.9 Å². The van der Waals surface area contributed by atoms with E-state index < -0.39 is 0 Å². The van der Waals surface area contributed by atoms with Gasteiger partial charge in [-0.1, -0.05) is 15.9 Å². The molecule has 138 valence electrons. The maximum atomic E-state index is 12.4. The normalized spacial score (nSPS) is 11.0. The molecule has 3 aromatic heterocycles. The third kappa shape index (κ3) is 3.59. The zero-order valence-electron chi connectivity index (χ0n) is 14.5. The van der Waals surface area contributed by atoms with E-state index in [1.807, 2.05) is 36.7 Å². The summed E-state index contributed by atoms with van der Waals surface area (Å²) in [5.74, 6) is 1.16. The Balaban J connectivity index is 1.68. The van der Waals surface area contributed by atoms with E-state index in [0.717, 1.165) is 15.6 Å². The summed E-state index contributed by atoms with van der Waals surface area (Å²) in [6.07, 6.45) is 5.37. The fraction of sp³-hybridized carbons (Fsp3) is 0.167. The molecule has 1 aromatic carbocycles. The first-order valence-electron chi connectivity index (χ1n) is 8.27.